The van der Waals surface area contributed by atoms with Crippen molar-refractivity contribution >= 4 is 5.82 Å². The lowest BCUT2D eigenvalue weighted by atomic mass is 9.83. The quantitative estimate of drug-likeness (QED) is 0.891. The van der Waals surface area contributed by atoms with Gasteiger partial charge in [-0.05, 0) is 31.6 Å². The Labute approximate surface area is 109 Å². The number of hydrogen-bond donors (Lipinski definition) is 1. The van der Waals surface area contributed by atoms with Crippen molar-refractivity contribution in [3.8, 4) is 5.88 Å². The van der Waals surface area contributed by atoms with E-state index in [2.05, 4.69) is 22.2 Å². The maximum Gasteiger partial charge on any atom is 0.218 e. The first kappa shape index (κ1) is 13.1. The van der Waals surface area contributed by atoms with Crippen LogP contribution in [-0.4, -0.2) is 23.6 Å². The van der Waals surface area contributed by atoms with E-state index >= 15 is 0 Å². The van der Waals surface area contributed by atoms with Gasteiger partial charge in [-0.3, -0.25) is 0 Å². The number of anilines is 1. The van der Waals surface area contributed by atoms with Crippen LogP contribution in [0.25, 0.3) is 0 Å². The van der Waals surface area contributed by atoms with Crippen molar-refractivity contribution in [3.05, 3.63) is 11.9 Å². The van der Waals surface area contributed by atoms with Crippen molar-refractivity contribution < 1.29 is 4.74 Å². The van der Waals surface area contributed by atoms with Crippen LogP contribution in [-0.2, 0) is 0 Å². The Morgan fingerprint density at radius 3 is 2.67 bits per heavy atom. The van der Waals surface area contributed by atoms with Crippen molar-refractivity contribution in [1.29, 1.82) is 0 Å². The predicted octanol–water partition coefficient (Wildman–Crippen LogP) is 3.03. The van der Waals surface area contributed by atoms with Gasteiger partial charge in [-0.2, -0.15) is 4.98 Å². The molecule has 0 aliphatic heterocycles. The molecule has 0 aromatic carbocycles. The van der Waals surface area contributed by atoms with E-state index in [1.807, 2.05) is 13.0 Å². The molecule has 100 valence electrons. The Morgan fingerprint density at radius 2 is 2.00 bits per heavy atom. The number of nitrogens with one attached hydrogen (secondary N) is 1. The number of rotatable bonds is 4. The first-order valence-electron chi connectivity index (χ1n) is 6.81. The molecule has 0 saturated heterocycles. The highest BCUT2D eigenvalue weighted by Crippen LogP contribution is 2.28. The molecule has 1 aromatic rings. The Morgan fingerprint density at radius 1 is 1.28 bits per heavy atom. The van der Waals surface area contributed by atoms with E-state index in [4.69, 9.17) is 4.74 Å². The van der Waals surface area contributed by atoms with E-state index in [0.29, 0.717) is 5.88 Å². The van der Waals surface area contributed by atoms with Gasteiger partial charge in [-0.25, -0.2) is 4.98 Å². The molecule has 1 saturated carbocycles. The van der Waals surface area contributed by atoms with Crippen molar-refractivity contribution in [1.82, 2.24) is 9.97 Å². The monoisotopic (exact) mass is 249 g/mol. The zero-order valence-electron chi connectivity index (χ0n) is 11.6. The summed E-state index contributed by atoms with van der Waals surface area (Å²) < 4.78 is 5.15. The third-order valence-electron chi connectivity index (χ3n) is 3.73. The summed E-state index contributed by atoms with van der Waals surface area (Å²) >= 11 is 0. The fourth-order valence-electron chi connectivity index (χ4n) is 2.52. The van der Waals surface area contributed by atoms with Gasteiger partial charge in [-0.15, -0.1) is 0 Å². The van der Waals surface area contributed by atoms with Crippen LogP contribution in [0.3, 0.4) is 0 Å². The molecule has 1 fully saturated rings. The van der Waals surface area contributed by atoms with Crippen molar-refractivity contribution in [3.63, 3.8) is 0 Å². The predicted molar refractivity (Wildman–Crippen MR) is 72.9 cm³/mol. The molecule has 1 heterocycles. The van der Waals surface area contributed by atoms with Crippen LogP contribution in [0.4, 0.5) is 5.82 Å². The van der Waals surface area contributed by atoms with Gasteiger partial charge < -0.3 is 10.1 Å². The first-order valence-corrected chi connectivity index (χ1v) is 6.81. The van der Waals surface area contributed by atoms with Gasteiger partial charge in [0.15, 0.2) is 0 Å². The Hall–Kier alpha value is -1.32. The van der Waals surface area contributed by atoms with Gasteiger partial charge >= 0.3 is 0 Å². The third-order valence-corrected chi connectivity index (χ3v) is 3.73. The lowest BCUT2D eigenvalue weighted by molar-refractivity contribution is 0.300. The molecule has 0 spiro atoms. The van der Waals surface area contributed by atoms with Crippen LogP contribution < -0.4 is 10.1 Å². The molecular formula is C14H23N3O. The Balaban J connectivity index is 1.88. The molecule has 0 amide bonds. The average Bonchev–Trinajstić information content (AvgIpc) is 2.37. The molecular weight excluding hydrogens is 226 g/mol. The first-order chi connectivity index (χ1) is 8.67. The van der Waals surface area contributed by atoms with Gasteiger partial charge in [0.25, 0.3) is 0 Å². The van der Waals surface area contributed by atoms with Gasteiger partial charge in [0.1, 0.15) is 11.6 Å². The SMILES string of the molecule is COc1cc(NCC2CCC(C)CC2)nc(C)n1. The molecule has 1 aliphatic carbocycles. The van der Waals surface area contributed by atoms with Gasteiger partial charge in [0.05, 0.1) is 7.11 Å². The molecule has 0 bridgehead atoms. The van der Waals surface area contributed by atoms with Gasteiger partial charge in [0, 0.05) is 12.6 Å². The summed E-state index contributed by atoms with van der Waals surface area (Å²) in [4.78, 5) is 8.56. The van der Waals surface area contributed by atoms with E-state index in [1.54, 1.807) is 7.11 Å². The van der Waals surface area contributed by atoms with Crippen LogP contribution in [0.15, 0.2) is 6.07 Å². The summed E-state index contributed by atoms with van der Waals surface area (Å²) in [5.41, 5.74) is 0. The second-order valence-electron chi connectivity index (χ2n) is 5.35. The van der Waals surface area contributed by atoms with Crippen molar-refractivity contribution in [2.45, 2.75) is 39.5 Å². The van der Waals surface area contributed by atoms with Crippen LogP contribution in [0, 0.1) is 18.8 Å². The van der Waals surface area contributed by atoms with Crippen LogP contribution >= 0.6 is 0 Å². The molecule has 0 atom stereocenters. The lowest BCUT2D eigenvalue weighted by Gasteiger charge is -2.26. The summed E-state index contributed by atoms with van der Waals surface area (Å²) in [7, 11) is 1.63. The highest BCUT2D eigenvalue weighted by atomic mass is 16.5. The minimum absolute atomic E-state index is 0.627. The largest absolute Gasteiger partial charge is 0.481 e. The normalized spacial score (nSPS) is 23.7. The van der Waals surface area contributed by atoms with Crippen molar-refractivity contribution in [2.24, 2.45) is 11.8 Å². The number of nitrogens with zero attached hydrogens (tertiary/aromatic N) is 2. The van der Waals surface area contributed by atoms with E-state index in [-0.39, 0.29) is 0 Å². The summed E-state index contributed by atoms with van der Waals surface area (Å²) in [5, 5.41) is 3.41. The maximum absolute atomic E-state index is 5.15. The van der Waals surface area contributed by atoms with Gasteiger partial charge in [-0.1, -0.05) is 19.8 Å². The summed E-state index contributed by atoms with van der Waals surface area (Å²) in [5.74, 6) is 3.93. The summed E-state index contributed by atoms with van der Waals surface area (Å²) in [6.07, 6.45) is 5.38. The summed E-state index contributed by atoms with van der Waals surface area (Å²) in [6, 6.07) is 1.86. The number of aromatic nitrogens is 2. The minimum Gasteiger partial charge on any atom is -0.481 e. The number of methoxy groups -OCH3 is 1. The number of hydrogen-bond acceptors (Lipinski definition) is 4. The average molecular weight is 249 g/mol. The molecule has 4 heteroatoms. The highest BCUT2D eigenvalue weighted by molar-refractivity contribution is 5.38. The fourth-order valence-corrected chi connectivity index (χ4v) is 2.52. The smallest absolute Gasteiger partial charge is 0.218 e. The highest BCUT2D eigenvalue weighted by Gasteiger charge is 2.18. The standard InChI is InChI=1S/C14H23N3O/c1-10-4-6-12(7-5-10)9-15-13-8-14(18-3)17-11(2)16-13/h8,10,12H,4-7,9H2,1-3H3,(H,15,16,17). The zero-order valence-corrected chi connectivity index (χ0v) is 11.6. The summed E-state index contributed by atoms with van der Waals surface area (Å²) in [6.45, 7) is 5.24. The molecule has 1 N–H and O–H groups in total. The van der Waals surface area contributed by atoms with Crippen LogP contribution in [0.5, 0.6) is 5.88 Å². The van der Waals surface area contributed by atoms with Crippen LogP contribution in [0.2, 0.25) is 0 Å². The van der Waals surface area contributed by atoms with Crippen molar-refractivity contribution in [2.75, 3.05) is 19.0 Å². The fraction of sp³-hybridized carbons (Fsp3) is 0.714. The molecule has 1 aromatic heterocycles. The van der Waals surface area contributed by atoms with E-state index in [0.717, 1.165) is 30.0 Å². The molecule has 0 unspecified atom stereocenters. The van der Waals surface area contributed by atoms with Gasteiger partial charge in [0.2, 0.25) is 5.88 Å². The zero-order chi connectivity index (χ0) is 13.0. The van der Waals surface area contributed by atoms with E-state index in [9.17, 15) is 0 Å². The topological polar surface area (TPSA) is 47.0 Å². The Kier molecular flexibility index (Phi) is 4.39. The molecule has 4 nitrogen and oxygen atoms in total. The van der Waals surface area contributed by atoms with E-state index in [1.165, 1.54) is 25.7 Å². The molecule has 18 heavy (non-hydrogen) atoms. The maximum atomic E-state index is 5.15. The minimum atomic E-state index is 0.627. The molecule has 2 rings (SSSR count). The second-order valence-corrected chi connectivity index (χ2v) is 5.35. The lowest BCUT2D eigenvalue weighted by Crippen LogP contribution is -2.20. The van der Waals surface area contributed by atoms with Crippen LogP contribution in [0.1, 0.15) is 38.4 Å². The Bertz CT molecular complexity index is 387. The number of ether oxygens (including phenoxy) is 1. The molecule has 0 radical (unpaired) electrons. The number of aryl methyl sites for hydroxylation is 1. The molecule has 1 aliphatic rings. The van der Waals surface area contributed by atoms with E-state index < -0.39 is 0 Å². The second kappa shape index (κ2) is 6.03. The third kappa shape index (κ3) is 3.59.